The molecule has 39 heavy (non-hydrogen) atoms. The minimum Gasteiger partial charge on any atom is -0.480 e. The molecule has 7 N–H and O–H groups in total. The van der Waals surface area contributed by atoms with Crippen molar-refractivity contribution in [3.8, 4) is 0 Å². The summed E-state index contributed by atoms with van der Waals surface area (Å²) in [6.45, 7) is 8.03. The van der Waals surface area contributed by atoms with Crippen LogP contribution in [-0.2, 0) is 14.4 Å². The Bertz CT molecular complexity index is 1070. The Kier molecular flexibility index (Phi) is 12.0. The van der Waals surface area contributed by atoms with Crippen LogP contribution >= 0.6 is 0 Å². The maximum absolute atomic E-state index is 13.9. The number of nitrogens with two attached hydrogens (primary N) is 2. The zero-order chi connectivity index (χ0) is 29.1. The quantitative estimate of drug-likeness (QED) is 0.109. The maximum atomic E-state index is 13.9. The van der Waals surface area contributed by atoms with E-state index in [1.807, 2.05) is 33.8 Å². The second-order valence-electron chi connectivity index (χ2n) is 10.3. The molecule has 1 aromatic carbocycles. The molecule has 0 unspecified atom stereocenters. The number of likely N-dealkylation sites (tertiary alicyclic amines) is 1. The van der Waals surface area contributed by atoms with Crippen LogP contribution in [0.2, 0.25) is 0 Å². The lowest BCUT2D eigenvalue weighted by atomic mass is 9.96. The Labute approximate surface area is 230 Å². The Morgan fingerprint density at radius 2 is 1.77 bits per heavy atom. The number of nitrogens with one attached hydrogen (secondary N) is 2. The van der Waals surface area contributed by atoms with Crippen molar-refractivity contribution in [1.82, 2.24) is 15.5 Å². The van der Waals surface area contributed by atoms with E-state index in [2.05, 4.69) is 15.6 Å². The molecule has 2 rings (SSSR count). The molecule has 1 saturated heterocycles. The molecule has 0 bridgehead atoms. The molecule has 1 aliphatic heterocycles. The Balaban J connectivity index is 2.30. The molecule has 11 nitrogen and oxygen atoms in total. The highest BCUT2D eigenvalue weighted by atomic mass is 16.4. The molecule has 214 valence electrons. The molecular weight excluding hydrogens is 500 g/mol. The van der Waals surface area contributed by atoms with E-state index in [9.17, 15) is 24.3 Å². The van der Waals surface area contributed by atoms with Gasteiger partial charge in [0.05, 0.1) is 0 Å². The fourth-order valence-corrected chi connectivity index (χ4v) is 4.76. The number of guanidine groups is 1. The fraction of sp³-hybridized carbons (Fsp3) is 0.536. The summed E-state index contributed by atoms with van der Waals surface area (Å²) in [4.78, 5) is 57.6. The molecule has 4 atom stereocenters. The molecule has 1 fully saturated rings. The summed E-state index contributed by atoms with van der Waals surface area (Å²) < 4.78 is 0. The van der Waals surface area contributed by atoms with E-state index >= 15 is 0 Å². The smallest absolute Gasteiger partial charge is 0.326 e. The van der Waals surface area contributed by atoms with E-state index in [0.29, 0.717) is 31.4 Å². The van der Waals surface area contributed by atoms with E-state index in [1.54, 1.807) is 30.3 Å². The number of nitrogens with zero attached hydrogens (tertiary/aromatic N) is 2. The Hall–Kier alpha value is -3.89. The summed E-state index contributed by atoms with van der Waals surface area (Å²) in [7, 11) is 0. The van der Waals surface area contributed by atoms with Gasteiger partial charge in [0.2, 0.25) is 11.8 Å². The number of carboxylic acid groups (broad SMARTS) is 1. The number of hydrogen-bond donors (Lipinski definition) is 5. The van der Waals surface area contributed by atoms with Crippen molar-refractivity contribution in [2.24, 2.45) is 28.3 Å². The van der Waals surface area contributed by atoms with Crippen molar-refractivity contribution in [2.75, 3.05) is 13.1 Å². The van der Waals surface area contributed by atoms with Gasteiger partial charge in [0.25, 0.3) is 5.91 Å². The molecular formula is C28H42N6O5. The fourth-order valence-electron chi connectivity index (χ4n) is 4.76. The van der Waals surface area contributed by atoms with Crippen LogP contribution < -0.4 is 22.1 Å². The van der Waals surface area contributed by atoms with Crippen LogP contribution in [0.3, 0.4) is 0 Å². The topological polar surface area (TPSA) is 180 Å². The molecule has 1 aliphatic rings. The van der Waals surface area contributed by atoms with Gasteiger partial charge in [-0.15, -0.1) is 0 Å². The number of unbranched alkanes of at least 4 members (excludes halogenated alkanes) is 1. The molecule has 0 aromatic heterocycles. The lowest BCUT2D eigenvalue weighted by Crippen LogP contribution is -2.56. The number of amides is 3. The highest BCUT2D eigenvalue weighted by Gasteiger charge is 2.44. The number of aliphatic carboxylic acids is 1. The first-order valence-corrected chi connectivity index (χ1v) is 13.4. The molecule has 1 heterocycles. The highest BCUT2D eigenvalue weighted by Crippen LogP contribution is 2.30. The average Bonchev–Trinajstić information content (AvgIpc) is 3.23. The van der Waals surface area contributed by atoms with Gasteiger partial charge in [-0.05, 0) is 56.2 Å². The summed E-state index contributed by atoms with van der Waals surface area (Å²) in [6.07, 6.45) is 3.59. The van der Waals surface area contributed by atoms with Gasteiger partial charge >= 0.3 is 5.97 Å². The summed E-state index contributed by atoms with van der Waals surface area (Å²) in [5, 5.41) is 15.1. The number of carboxylic acids is 1. The first kappa shape index (κ1) is 31.3. The lowest BCUT2D eigenvalue weighted by Gasteiger charge is -2.30. The second kappa shape index (κ2) is 14.9. The summed E-state index contributed by atoms with van der Waals surface area (Å²) in [5.74, 6) is -2.74. The van der Waals surface area contributed by atoms with Crippen LogP contribution in [0.25, 0.3) is 0 Å². The van der Waals surface area contributed by atoms with Crippen LogP contribution in [0.15, 0.2) is 47.0 Å². The third kappa shape index (κ3) is 9.12. The van der Waals surface area contributed by atoms with Gasteiger partial charge in [0, 0.05) is 24.6 Å². The third-order valence-electron chi connectivity index (χ3n) is 6.83. The first-order chi connectivity index (χ1) is 18.5. The molecule has 1 aromatic rings. The van der Waals surface area contributed by atoms with E-state index in [-0.39, 0.29) is 30.8 Å². The Morgan fingerprint density at radius 3 is 2.33 bits per heavy atom. The van der Waals surface area contributed by atoms with Crippen molar-refractivity contribution in [3.05, 3.63) is 47.5 Å². The summed E-state index contributed by atoms with van der Waals surface area (Å²) in [5.41, 5.74) is 12.1. The molecule has 0 radical (unpaired) electrons. The minimum atomic E-state index is -1.12. The van der Waals surface area contributed by atoms with E-state index in [1.165, 1.54) is 4.90 Å². The molecule has 0 spiro atoms. The number of carbonyl (C=O) groups is 4. The zero-order valence-electron chi connectivity index (χ0n) is 23.2. The van der Waals surface area contributed by atoms with Crippen molar-refractivity contribution < 1.29 is 24.3 Å². The monoisotopic (exact) mass is 542 g/mol. The van der Waals surface area contributed by atoms with Gasteiger partial charge in [0.15, 0.2) is 5.96 Å². The lowest BCUT2D eigenvalue weighted by molar-refractivity contribution is -0.145. The van der Waals surface area contributed by atoms with Gasteiger partial charge in [-0.3, -0.25) is 19.4 Å². The predicted molar refractivity (Wildman–Crippen MR) is 150 cm³/mol. The number of allylic oxidation sites excluding steroid dienone is 1. The number of benzene rings is 1. The standard InChI is InChI=1S/C28H42N6O5/c1-5-19-16-34(23(18(19)4)25(36)33-22(27(38)39)15-17(2)3)26(37)21(13-9-10-14-31-28(29)30)32-24(35)20-11-7-6-8-12-20/h5-8,11-12,17-18,21-23H,9-10,13-16H2,1-4H3,(H,32,35)(H,33,36)(H,38,39)(H4,29,30,31)/b19-5-/t18-,21+,22+,23-/m1/s1. The van der Waals surface area contributed by atoms with Gasteiger partial charge < -0.3 is 32.1 Å². The number of rotatable bonds is 13. The van der Waals surface area contributed by atoms with Crippen LogP contribution in [0.1, 0.15) is 63.7 Å². The van der Waals surface area contributed by atoms with Gasteiger partial charge in [-0.1, -0.05) is 45.0 Å². The average molecular weight is 543 g/mol. The van der Waals surface area contributed by atoms with E-state index in [4.69, 9.17) is 11.5 Å². The SMILES string of the molecule is C/C=C1/CN(C(=O)[C@H](CCCCN=C(N)N)NC(=O)c2ccccc2)[C@@H](C(=O)N[C@@H](CC(C)C)C(=O)O)[C@@H]1C. The van der Waals surface area contributed by atoms with Crippen molar-refractivity contribution in [1.29, 1.82) is 0 Å². The maximum Gasteiger partial charge on any atom is 0.326 e. The molecule has 0 saturated carbocycles. The third-order valence-corrected chi connectivity index (χ3v) is 6.83. The molecule has 11 heteroatoms. The number of hydrogen-bond acceptors (Lipinski definition) is 5. The van der Waals surface area contributed by atoms with Crippen LogP contribution in [0.5, 0.6) is 0 Å². The number of aliphatic imine (C=N–C) groups is 1. The highest BCUT2D eigenvalue weighted by molar-refractivity contribution is 5.99. The first-order valence-electron chi connectivity index (χ1n) is 13.4. The molecule has 0 aliphatic carbocycles. The second-order valence-corrected chi connectivity index (χ2v) is 10.3. The van der Waals surface area contributed by atoms with Gasteiger partial charge in [0.1, 0.15) is 18.1 Å². The van der Waals surface area contributed by atoms with Crippen molar-refractivity contribution in [3.63, 3.8) is 0 Å². The normalized spacial score (nSPS) is 19.4. The van der Waals surface area contributed by atoms with Gasteiger partial charge in [-0.25, -0.2) is 4.79 Å². The summed E-state index contributed by atoms with van der Waals surface area (Å²) >= 11 is 0. The van der Waals surface area contributed by atoms with Crippen molar-refractivity contribution >= 4 is 29.7 Å². The Morgan fingerprint density at radius 1 is 1.10 bits per heavy atom. The predicted octanol–water partition coefficient (Wildman–Crippen LogP) is 1.64. The summed E-state index contributed by atoms with van der Waals surface area (Å²) in [6, 6.07) is 5.69. The van der Waals surface area contributed by atoms with Crippen LogP contribution in [-0.4, -0.2) is 70.9 Å². The van der Waals surface area contributed by atoms with Crippen LogP contribution in [0.4, 0.5) is 0 Å². The number of carbonyl (C=O) groups excluding carboxylic acids is 3. The molecule has 3 amide bonds. The van der Waals surface area contributed by atoms with Gasteiger partial charge in [-0.2, -0.15) is 0 Å². The van der Waals surface area contributed by atoms with Crippen LogP contribution in [0, 0.1) is 11.8 Å². The minimum absolute atomic E-state index is 0.0177. The van der Waals surface area contributed by atoms with E-state index < -0.39 is 41.8 Å². The van der Waals surface area contributed by atoms with E-state index in [0.717, 1.165) is 5.57 Å². The zero-order valence-corrected chi connectivity index (χ0v) is 23.2. The largest absolute Gasteiger partial charge is 0.480 e. The van der Waals surface area contributed by atoms with Crippen molar-refractivity contribution in [2.45, 2.75) is 71.5 Å².